The number of alkyl halides is 3. The van der Waals surface area contributed by atoms with Crippen LogP contribution in [0.2, 0.25) is 0 Å². The molecule has 0 atom stereocenters. The van der Waals surface area contributed by atoms with E-state index in [0.29, 0.717) is 16.7 Å². The van der Waals surface area contributed by atoms with Gasteiger partial charge in [-0.15, -0.1) is 13.2 Å². The molecular weight excluding hydrogens is 575 g/mol. The van der Waals surface area contributed by atoms with Crippen LogP contribution in [0.5, 0.6) is 5.75 Å². The molecule has 2 aliphatic rings. The predicted molar refractivity (Wildman–Crippen MR) is 157 cm³/mol. The zero-order chi connectivity index (χ0) is 31.7. The molecular formula is C33H36F3N3O5. The SMILES string of the molecule is CCC1(C)CCC(C)(c2ncc3cc(C(=O)O)ccc3n2)CC1.OCc1c(-c2ccccc2OC(F)(F)F)noc1C1CC1. The highest BCUT2D eigenvalue weighted by Gasteiger charge is 2.39. The van der Waals surface area contributed by atoms with Crippen molar-refractivity contribution in [2.75, 3.05) is 0 Å². The van der Waals surface area contributed by atoms with Gasteiger partial charge in [0.1, 0.15) is 23.0 Å². The Morgan fingerprint density at radius 1 is 1.09 bits per heavy atom. The van der Waals surface area contributed by atoms with E-state index in [4.69, 9.17) is 14.6 Å². The molecule has 0 saturated heterocycles. The van der Waals surface area contributed by atoms with Crippen LogP contribution in [0.25, 0.3) is 22.2 Å². The van der Waals surface area contributed by atoms with Crippen LogP contribution in [0.3, 0.4) is 0 Å². The first kappa shape index (κ1) is 31.4. The van der Waals surface area contributed by atoms with E-state index in [1.165, 1.54) is 37.5 Å². The summed E-state index contributed by atoms with van der Waals surface area (Å²) >= 11 is 0. The van der Waals surface area contributed by atoms with Gasteiger partial charge in [0.05, 0.1) is 17.7 Å². The Bertz CT molecular complexity index is 1640. The number of carboxylic acid groups (broad SMARTS) is 1. The van der Waals surface area contributed by atoms with E-state index < -0.39 is 12.3 Å². The number of hydrogen-bond donors (Lipinski definition) is 2. The van der Waals surface area contributed by atoms with Gasteiger partial charge in [-0.2, -0.15) is 0 Å². The predicted octanol–water partition coefficient (Wildman–Crippen LogP) is 8.19. The molecule has 0 spiro atoms. The molecule has 2 saturated carbocycles. The van der Waals surface area contributed by atoms with Crippen LogP contribution in [0, 0.1) is 5.41 Å². The van der Waals surface area contributed by atoms with Gasteiger partial charge in [-0.25, -0.2) is 14.8 Å². The molecule has 0 unspecified atom stereocenters. The standard InChI is InChI=1S/C19H24N2O2.C14H12F3NO3/c1-4-18(2)7-9-19(3,10-8-18)17-20-12-14-11-13(16(22)23)5-6-15(14)21-17;15-14(16,17)20-11-4-2-1-3-9(11)12-10(7-19)13(21-18-12)8-5-6-8/h5-6,11-12H,4,7-10H2,1-3H3,(H,22,23);1-4,8,19H,5-7H2. The zero-order valence-corrected chi connectivity index (χ0v) is 24.9. The summed E-state index contributed by atoms with van der Waals surface area (Å²) in [7, 11) is 0. The van der Waals surface area contributed by atoms with Gasteiger partial charge in [0.25, 0.3) is 0 Å². The van der Waals surface area contributed by atoms with E-state index in [9.17, 15) is 23.1 Å². The molecule has 0 bridgehead atoms. The van der Waals surface area contributed by atoms with Crippen LogP contribution < -0.4 is 4.74 Å². The Balaban J connectivity index is 0.000000175. The van der Waals surface area contributed by atoms with Crippen molar-refractivity contribution in [2.45, 2.75) is 90.0 Å². The minimum atomic E-state index is -4.79. The summed E-state index contributed by atoms with van der Waals surface area (Å²) in [5.41, 5.74) is 2.34. The maximum Gasteiger partial charge on any atom is 0.573 e. The summed E-state index contributed by atoms with van der Waals surface area (Å²) in [6, 6.07) is 10.7. The second-order valence-electron chi connectivity index (χ2n) is 12.3. The highest BCUT2D eigenvalue weighted by Crippen LogP contribution is 2.48. The quantitative estimate of drug-likeness (QED) is 0.215. The number of para-hydroxylation sites is 1. The van der Waals surface area contributed by atoms with Crippen molar-refractivity contribution in [2.24, 2.45) is 5.41 Å². The molecule has 2 aromatic heterocycles. The number of carbonyl (C=O) groups is 1. The Morgan fingerprint density at radius 2 is 1.80 bits per heavy atom. The largest absolute Gasteiger partial charge is 0.573 e. The second-order valence-corrected chi connectivity index (χ2v) is 12.3. The van der Waals surface area contributed by atoms with Crippen LogP contribution in [0.1, 0.15) is 99.1 Å². The highest BCUT2D eigenvalue weighted by atomic mass is 19.4. The lowest BCUT2D eigenvalue weighted by Gasteiger charge is -2.42. The zero-order valence-electron chi connectivity index (χ0n) is 24.9. The molecule has 234 valence electrons. The highest BCUT2D eigenvalue weighted by molar-refractivity contribution is 5.93. The van der Waals surface area contributed by atoms with Gasteiger partial charge in [-0.1, -0.05) is 44.5 Å². The molecule has 2 aromatic carbocycles. The molecule has 2 aliphatic carbocycles. The molecule has 2 N–H and O–H groups in total. The van der Waals surface area contributed by atoms with Crippen LogP contribution in [-0.4, -0.2) is 37.7 Å². The molecule has 4 aromatic rings. The third kappa shape index (κ3) is 6.88. The Labute approximate surface area is 253 Å². The maximum atomic E-state index is 12.4. The number of carboxylic acids is 1. The number of aromatic nitrogens is 3. The minimum Gasteiger partial charge on any atom is -0.478 e. The first-order valence-corrected chi connectivity index (χ1v) is 14.8. The van der Waals surface area contributed by atoms with Crippen molar-refractivity contribution >= 4 is 16.9 Å². The van der Waals surface area contributed by atoms with Gasteiger partial charge < -0.3 is 19.5 Å². The van der Waals surface area contributed by atoms with Gasteiger partial charge >= 0.3 is 12.3 Å². The molecule has 11 heteroatoms. The number of benzene rings is 2. The lowest BCUT2D eigenvalue weighted by molar-refractivity contribution is -0.274. The molecule has 0 amide bonds. The molecule has 0 radical (unpaired) electrons. The van der Waals surface area contributed by atoms with Gasteiger partial charge in [0.2, 0.25) is 0 Å². The van der Waals surface area contributed by atoms with E-state index in [1.54, 1.807) is 30.5 Å². The van der Waals surface area contributed by atoms with Crippen molar-refractivity contribution in [1.29, 1.82) is 0 Å². The van der Waals surface area contributed by atoms with Gasteiger partial charge in [-0.05, 0) is 74.3 Å². The Kier molecular flexibility index (Phi) is 8.71. The summed E-state index contributed by atoms with van der Waals surface area (Å²) in [6.45, 7) is 6.57. The van der Waals surface area contributed by atoms with Gasteiger partial charge in [0.15, 0.2) is 0 Å². The smallest absolute Gasteiger partial charge is 0.478 e. The van der Waals surface area contributed by atoms with E-state index in [0.717, 1.165) is 42.4 Å². The molecule has 44 heavy (non-hydrogen) atoms. The number of halogens is 3. The van der Waals surface area contributed by atoms with E-state index in [2.05, 4.69) is 35.6 Å². The lowest BCUT2D eigenvalue weighted by atomic mass is 9.64. The Morgan fingerprint density at radius 3 is 2.41 bits per heavy atom. The average Bonchev–Trinajstić information content (AvgIpc) is 3.76. The summed E-state index contributed by atoms with van der Waals surface area (Å²) in [5, 5.41) is 23.2. The van der Waals surface area contributed by atoms with Crippen molar-refractivity contribution in [1.82, 2.24) is 15.1 Å². The summed E-state index contributed by atoms with van der Waals surface area (Å²) < 4.78 is 46.6. The Hall–Kier alpha value is -3.99. The number of rotatable bonds is 7. The van der Waals surface area contributed by atoms with E-state index in [1.807, 2.05) is 0 Å². The molecule has 6 rings (SSSR count). The van der Waals surface area contributed by atoms with Crippen LogP contribution in [0.15, 0.2) is 53.2 Å². The van der Waals surface area contributed by atoms with Crippen molar-refractivity contribution in [3.05, 3.63) is 71.4 Å². The van der Waals surface area contributed by atoms with Gasteiger partial charge in [-0.3, -0.25) is 0 Å². The third-order valence-corrected chi connectivity index (χ3v) is 9.07. The summed E-state index contributed by atoms with van der Waals surface area (Å²) in [5.74, 6) is 0.356. The lowest BCUT2D eigenvalue weighted by Crippen LogP contribution is -2.34. The van der Waals surface area contributed by atoms with Crippen molar-refractivity contribution < 1.29 is 37.4 Å². The third-order valence-electron chi connectivity index (χ3n) is 9.07. The number of nitrogens with zero attached hydrogens (tertiary/aromatic N) is 3. The fourth-order valence-electron chi connectivity index (χ4n) is 5.67. The van der Waals surface area contributed by atoms with E-state index in [-0.39, 0.29) is 40.5 Å². The number of aliphatic hydroxyl groups is 1. The van der Waals surface area contributed by atoms with Crippen molar-refractivity contribution in [3.8, 4) is 17.0 Å². The average molecular weight is 612 g/mol. The van der Waals surface area contributed by atoms with E-state index >= 15 is 0 Å². The summed E-state index contributed by atoms with van der Waals surface area (Å²) in [4.78, 5) is 20.4. The number of fused-ring (bicyclic) bond motifs is 1. The fourth-order valence-corrected chi connectivity index (χ4v) is 5.67. The van der Waals surface area contributed by atoms with Gasteiger partial charge in [0, 0.05) is 34.0 Å². The molecule has 8 nitrogen and oxygen atoms in total. The number of ether oxygens (including phenoxy) is 1. The first-order chi connectivity index (χ1) is 20.8. The first-order valence-electron chi connectivity index (χ1n) is 14.8. The monoisotopic (exact) mass is 611 g/mol. The summed E-state index contributed by atoms with van der Waals surface area (Å²) in [6.07, 6.45) is 4.69. The number of aromatic carboxylic acids is 1. The normalized spacial score (nSPS) is 21.9. The second kappa shape index (κ2) is 12.2. The van der Waals surface area contributed by atoms with Crippen LogP contribution >= 0.6 is 0 Å². The number of aliphatic hydroxyl groups excluding tert-OH is 1. The van der Waals surface area contributed by atoms with Crippen molar-refractivity contribution in [3.63, 3.8) is 0 Å². The molecule has 2 heterocycles. The minimum absolute atomic E-state index is 0.0222. The number of hydrogen-bond acceptors (Lipinski definition) is 7. The molecule has 0 aliphatic heterocycles. The topological polar surface area (TPSA) is 119 Å². The van der Waals surface area contributed by atoms with Crippen LogP contribution in [-0.2, 0) is 12.0 Å². The maximum absolute atomic E-state index is 12.4. The van der Waals surface area contributed by atoms with Crippen LogP contribution in [0.4, 0.5) is 13.2 Å². The molecule has 2 fully saturated rings. The fraction of sp³-hybridized carbons (Fsp3) is 0.455.